The van der Waals surface area contributed by atoms with Crippen molar-refractivity contribution >= 4 is 11.9 Å². The van der Waals surface area contributed by atoms with Crippen LogP contribution in [0.1, 0.15) is 425 Å². The Hall–Kier alpha value is -1.66. The molecule has 0 heterocycles. The van der Waals surface area contributed by atoms with Crippen LogP contribution in [0, 0.1) is 0 Å². The summed E-state index contributed by atoms with van der Waals surface area (Å²) in [7, 11) is 0. The van der Waals surface area contributed by atoms with Gasteiger partial charge in [0.2, 0.25) is 5.91 Å². The molecular formula is C76H147NO5. The van der Waals surface area contributed by atoms with E-state index in [-0.39, 0.29) is 18.5 Å². The van der Waals surface area contributed by atoms with E-state index in [2.05, 4.69) is 43.5 Å². The Balaban J connectivity index is 3.27. The summed E-state index contributed by atoms with van der Waals surface area (Å²) in [6, 6.07) is -0.535. The summed E-state index contributed by atoms with van der Waals surface area (Å²) in [4.78, 5) is 24.5. The van der Waals surface area contributed by atoms with E-state index in [4.69, 9.17) is 4.74 Å². The first-order chi connectivity index (χ1) is 40.5. The summed E-state index contributed by atoms with van der Waals surface area (Å²) in [6.45, 7) is 4.95. The number of allylic oxidation sites excluding steroid dienone is 4. The number of carbonyl (C=O) groups is 2. The van der Waals surface area contributed by atoms with Gasteiger partial charge < -0.3 is 20.3 Å². The summed E-state index contributed by atoms with van der Waals surface area (Å²) in [6.07, 6.45) is 91.3. The topological polar surface area (TPSA) is 95.9 Å². The summed E-state index contributed by atoms with van der Waals surface area (Å²) < 4.78 is 5.49. The minimum absolute atomic E-state index is 0.0105. The molecule has 0 saturated carbocycles. The van der Waals surface area contributed by atoms with Crippen LogP contribution in [-0.2, 0) is 14.3 Å². The Labute approximate surface area is 513 Å². The minimum Gasteiger partial charge on any atom is -0.466 e. The van der Waals surface area contributed by atoms with Gasteiger partial charge in [0.25, 0.3) is 0 Å². The van der Waals surface area contributed by atoms with Crippen LogP contribution < -0.4 is 5.32 Å². The van der Waals surface area contributed by atoms with Gasteiger partial charge in [-0.05, 0) is 57.8 Å². The highest BCUT2D eigenvalue weighted by Crippen LogP contribution is 2.20. The second-order valence-electron chi connectivity index (χ2n) is 26.0. The SMILES string of the molecule is CCCCC/C=C\C/C=C\CCCCCCCC(=O)OCCCCCCCCCCCCCCCCCCCCCCCCCCCCCCCCCCCCCCCCCC(=O)NC(CO)C(O)CCCCCCCCCCCCC. The zero-order valence-corrected chi connectivity index (χ0v) is 55.8. The molecule has 486 valence electrons. The van der Waals surface area contributed by atoms with Crippen molar-refractivity contribution in [1.29, 1.82) is 0 Å². The molecule has 82 heavy (non-hydrogen) atoms. The number of amides is 1. The number of carbonyl (C=O) groups excluding carboxylic acids is 2. The van der Waals surface area contributed by atoms with Crippen molar-refractivity contribution in [2.24, 2.45) is 0 Å². The summed E-state index contributed by atoms with van der Waals surface area (Å²) >= 11 is 0. The zero-order valence-electron chi connectivity index (χ0n) is 55.8. The van der Waals surface area contributed by atoms with E-state index >= 15 is 0 Å². The van der Waals surface area contributed by atoms with E-state index in [1.165, 1.54) is 340 Å². The Morgan fingerprint density at radius 2 is 0.610 bits per heavy atom. The fourth-order valence-electron chi connectivity index (χ4n) is 12.0. The molecule has 0 aromatic rings. The number of esters is 1. The highest BCUT2D eigenvalue weighted by atomic mass is 16.5. The predicted molar refractivity (Wildman–Crippen MR) is 361 cm³/mol. The molecule has 0 bridgehead atoms. The van der Waals surface area contributed by atoms with E-state index in [0.29, 0.717) is 25.9 Å². The maximum atomic E-state index is 12.5. The number of aliphatic hydroxyl groups is 2. The number of aliphatic hydroxyl groups excluding tert-OH is 2. The first-order valence-electron chi connectivity index (χ1n) is 37.6. The zero-order chi connectivity index (χ0) is 59.2. The van der Waals surface area contributed by atoms with Crippen LogP contribution in [0.2, 0.25) is 0 Å². The number of unbranched alkanes of at least 4 members (excludes halogenated alkanes) is 56. The van der Waals surface area contributed by atoms with E-state index in [1.54, 1.807) is 0 Å². The molecule has 0 spiro atoms. The smallest absolute Gasteiger partial charge is 0.305 e. The normalized spacial score (nSPS) is 12.6. The van der Waals surface area contributed by atoms with Gasteiger partial charge in [0.05, 0.1) is 25.4 Å². The van der Waals surface area contributed by atoms with Crippen LogP contribution in [0.5, 0.6) is 0 Å². The molecule has 6 heteroatoms. The molecule has 2 atom stereocenters. The third-order valence-electron chi connectivity index (χ3n) is 17.8. The van der Waals surface area contributed by atoms with Gasteiger partial charge in [0.15, 0.2) is 0 Å². The molecular weight excluding hydrogens is 1010 g/mol. The van der Waals surface area contributed by atoms with Gasteiger partial charge in [0.1, 0.15) is 0 Å². The van der Waals surface area contributed by atoms with Gasteiger partial charge in [-0.3, -0.25) is 9.59 Å². The van der Waals surface area contributed by atoms with Crippen molar-refractivity contribution in [3.63, 3.8) is 0 Å². The third kappa shape index (κ3) is 67.5. The molecule has 6 nitrogen and oxygen atoms in total. The van der Waals surface area contributed by atoms with Gasteiger partial charge in [-0.25, -0.2) is 0 Å². The van der Waals surface area contributed by atoms with Crippen molar-refractivity contribution < 1.29 is 24.5 Å². The highest BCUT2D eigenvalue weighted by Gasteiger charge is 2.20. The lowest BCUT2D eigenvalue weighted by atomic mass is 10.0. The minimum atomic E-state index is -0.658. The molecule has 0 saturated heterocycles. The van der Waals surface area contributed by atoms with Crippen molar-refractivity contribution in [2.45, 2.75) is 437 Å². The lowest BCUT2D eigenvalue weighted by Gasteiger charge is -2.22. The molecule has 0 radical (unpaired) electrons. The summed E-state index contributed by atoms with van der Waals surface area (Å²) in [5.74, 6) is -0.0171. The quantitative estimate of drug-likeness (QED) is 0.0320. The number of hydrogen-bond donors (Lipinski definition) is 3. The first kappa shape index (κ1) is 80.3. The van der Waals surface area contributed by atoms with Crippen LogP contribution >= 0.6 is 0 Å². The molecule has 2 unspecified atom stereocenters. The van der Waals surface area contributed by atoms with Crippen LogP contribution in [0.25, 0.3) is 0 Å². The average Bonchev–Trinajstić information content (AvgIpc) is 3.48. The predicted octanol–water partition coefficient (Wildman–Crippen LogP) is 24.5. The van der Waals surface area contributed by atoms with Crippen LogP contribution in [0.15, 0.2) is 24.3 Å². The first-order valence-corrected chi connectivity index (χ1v) is 37.6. The Kier molecular flexibility index (Phi) is 70.4. The number of rotatable bonds is 71. The van der Waals surface area contributed by atoms with E-state index in [9.17, 15) is 19.8 Å². The average molecular weight is 1160 g/mol. The van der Waals surface area contributed by atoms with Gasteiger partial charge in [-0.15, -0.1) is 0 Å². The molecule has 0 aliphatic rings. The van der Waals surface area contributed by atoms with Crippen molar-refractivity contribution in [1.82, 2.24) is 5.32 Å². The fraction of sp³-hybridized carbons (Fsp3) is 0.921. The standard InChI is InChI=1S/C76H147NO5/c1-3-5-7-9-11-13-15-16-42-46-50-54-58-62-66-70-76(81)82-71-67-63-59-55-51-47-44-41-39-37-35-33-31-29-27-25-23-21-19-17-18-20-22-24-26-28-30-32-34-36-38-40-43-45-49-53-57-61-65-69-75(80)77-73(72-78)74(79)68-64-60-56-52-48-14-12-10-8-6-4-2/h11,13,16,42,73-74,78-79H,3-10,12,14-15,17-41,43-72H2,1-2H3,(H,77,80)/b13-11-,42-16-. The number of ether oxygens (including phenoxy) is 1. The molecule has 0 rings (SSSR count). The maximum absolute atomic E-state index is 12.5. The van der Waals surface area contributed by atoms with Crippen LogP contribution in [-0.4, -0.2) is 47.4 Å². The fourth-order valence-corrected chi connectivity index (χ4v) is 12.0. The number of hydrogen-bond acceptors (Lipinski definition) is 5. The summed E-state index contributed by atoms with van der Waals surface area (Å²) in [5.41, 5.74) is 0. The molecule has 1 amide bonds. The largest absolute Gasteiger partial charge is 0.466 e. The Morgan fingerprint density at radius 1 is 0.341 bits per heavy atom. The lowest BCUT2D eigenvalue weighted by Crippen LogP contribution is -2.45. The van der Waals surface area contributed by atoms with Gasteiger partial charge >= 0.3 is 5.97 Å². The molecule has 0 aliphatic heterocycles. The molecule has 0 aliphatic carbocycles. The second kappa shape index (κ2) is 71.8. The van der Waals surface area contributed by atoms with Crippen LogP contribution in [0.4, 0.5) is 0 Å². The van der Waals surface area contributed by atoms with E-state index < -0.39 is 12.1 Å². The van der Waals surface area contributed by atoms with E-state index in [0.717, 1.165) is 51.4 Å². The second-order valence-corrected chi connectivity index (χ2v) is 26.0. The molecule has 0 fully saturated rings. The third-order valence-corrected chi connectivity index (χ3v) is 17.8. The number of nitrogens with one attached hydrogen (secondary N) is 1. The lowest BCUT2D eigenvalue weighted by molar-refractivity contribution is -0.143. The maximum Gasteiger partial charge on any atom is 0.305 e. The van der Waals surface area contributed by atoms with Gasteiger partial charge in [-0.1, -0.05) is 378 Å². The van der Waals surface area contributed by atoms with Gasteiger partial charge in [0, 0.05) is 12.8 Å². The van der Waals surface area contributed by atoms with Gasteiger partial charge in [-0.2, -0.15) is 0 Å². The Bertz CT molecular complexity index is 1280. The summed E-state index contributed by atoms with van der Waals surface area (Å²) in [5, 5.41) is 23.2. The van der Waals surface area contributed by atoms with Crippen LogP contribution in [0.3, 0.4) is 0 Å². The van der Waals surface area contributed by atoms with E-state index in [1.807, 2.05) is 0 Å². The highest BCUT2D eigenvalue weighted by molar-refractivity contribution is 5.76. The monoisotopic (exact) mass is 1150 g/mol. The molecule has 0 aromatic heterocycles. The molecule has 3 N–H and O–H groups in total. The Morgan fingerprint density at radius 3 is 0.951 bits per heavy atom. The van der Waals surface area contributed by atoms with Crippen molar-refractivity contribution in [3.8, 4) is 0 Å². The molecule has 0 aromatic carbocycles. The van der Waals surface area contributed by atoms with Crippen molar-refractivity contribution in [2.75, 3.05) is 13.2 Å². The van der Waals surface area contributed by atoms with Crippen molar-refractivity contribution in [3.05, 3.63) is 24.3 Å².